The molecule has 186 valence electrons. The van der Waals surface area contributed by atoms with Crippen molar-refractivity contribution in [2.75, 3.05) is 26.7 Å². The first-order valence-electron chi connectivity index (χ1n) is 12.2. The van der Waals surface area contributed by atoms with Gasteiger partial charge in [0.1, 0.15) is 5.75 Å². The zero-order valence-electron chi connectivity index (χ0n) is 20.9. The molecule has 0 radical (unpaired) electrons. The molecule has 4 rings (SSSR count). The molecule has 3 aromatic rings. The Morgan fingerprint density at radius 3 is 2.71 bits per heavy atom. The van der Waals surface area contributed by atoms with Gasteiger partial charge in [-0.15, -0.1) is 0 Å². The fourth-order valence-electron chi connectivity index (χ4n) is 4.91. The molecule has 0 saturated carbocycles. The molecular weight excluding hydrogens is 460 g/mol. The summed E-state index contributed by atoms with van der Waals surface area (Å²) in [5.74, 6) is 0.939. The summed E-state index contributed by atoms with van der Waals surface area (Å²) in [6.45, 7) is 5.70. The summed E-state index contributed by atoms with van der Waals surface area (Å²) >= 11 is 6.21. The lowest BCUT2D eigenvalue weighted by molar-refractivity contribution is -0.135. The third-order valence-electron chi connectivity index (χ3n) is 6.79. The van der Waals surface area contributed by atoms with Crippen LogP contribution >= 0.6 is 11.6 Å². The van der Waals surface area contributed by atoms with E-state index in [1.54, 1.807) is 0 Å². The Hall–Kier alpha value is -2.83. The van der Waals surface area contributed by atoms with Gasteiger partial charge in [-0.2, -0.15) is 5.10 Å². The van der Waals surface area contributed by atoms with E-state index < -0.39 is 0 Å². The number of likely N-dealkylation sites (tertiary alicyclic amines) is 1. The number of piperidine rings is 1. The monoisotopic (exact) mass is 494 g/mol. The van der Waals surface area contributed by atoms with Crippen LogP contribution in [0.2, 0.25) is 5.02 Å². The number of halogens is 1. The van der Waals surface area contributed by atoms with Gasteiger partial charge in [0.2, 0.25) is 5.91 Å². The number of rotatable bonds is 9. The second kappa shape index (κ2) is 11.3. The average Bonchev–Trinajstić information content (AvgIpc) is 3.25. The van der Waals surface area contributed by atoms with Gasteiger partial charge in [0.15, 0.2) is 0 Å². The molecule has 1 fully saturated rings. The number of aryl methyl sites for hydroxylation is 2. The summed E-state index contributed by atoms with van der Waals surface area (Å²) < 4.78 is 8.15. The smallest absolute Gasteiger partial charge is 0.223 e. The first kappa shape index (κ1) is 25.3. The average molecular weight is 495 g/mol. The molecule has 2 heterocycles. The van der Waals surface area contributed by atoms with Gasteiger partial charge in [-0.3, -0.25) is 14.4 Å². The quantitative estimate of drug-likeness (QED) is 0.415. The van der Waals surface area contributed by atoms with Crippen molar-refractivity contribution in [1.29, 1.82) is 0 Å². The van der Waals surface area contributed by atoms with Gasteiger partial charge >= 0.3 is 0 Å². The van der Waals surface area contributed by atoms with Gasteiger partial charge in [-0.25, -0.2) is 0 Å². The van der Waals surface area contributed by atoms with Crippen molar-refractivity contribution >= 4 is 17.5 Å². The first-order valence-corrected chi connectivity index (χ1v) is 12.6. The molecule has 0 bridgehead atoms. The number of nitrogens with zero attached hydrogens (tertiary/aromatic N) is 4. The molecule has 1 aromatic heterocycles. The zero-order chi connectivity index (χ0) is 24.8. The SMILES string of the molecule is Cc1cc(OC[C@]2(CC(=O)N(C)Cc3ccccc3)CCCN(Cc3cnn(C)c3)C2)ccc1Cl. The Kier molecular flexibility index (Phi) is 8.14. The topological polar surface area (TPSA) is 50.6 Å². The lowest BCUT2D eigenvalue weighted by Crippen LogP contribution is -2.48. The number of carbonyl (C=O) groups excluding carboxylic acids is 1. The number of hydrogen-bond acceptors (Lipinski definition) is 4. The Balaban J connectivity index is 1.49. The molecule has 7 heteroatoms. The van der Waals surface area contributed by atoms with Gasteiger partial charge in [-0.05, 0) is 55.6 Å². The number of hydrogen-bond donors (Lipinski definition) is 0. The highest BCUT2D eigenvalue weighted by Crippen LogP contribution is 2.36. The van der Waals surface area contributed by atoms with Crippen LogP contribution in [0.1, 0.15) is 36.0 Å². The van der Waals surface area contributed by atoms with Gasteiger partial charge in [-0.1, -0.05) is 41.9 Å². The normalized spacial score (nSPS) is 18.4. The van der Waals surface area contributed by atoms with Gasteiger partial charge in [0.25, 0.3) is 0 Å². The number of aromatic nitrogens is 2. The van der Waals surface area contributed by atoms with Crippen molar-refractivity contribution < 1.29 is 9.53 Å². The maximum atomic E-state index is 13.4. The van der Waals surface area contributed by atoms with Gasteiger partial charge in [0, 0.05) is 62.3 Å². The van der Waals surface area contributed by atoms with Crippen LogP contribution in [-0.4, -0.2) is 52.2 Å². The number of amides is 1. The summed E-state index contributed by atoms with van der Waals surface area (Å²) in [4.78, 5) is 17.7. The van der Waals surface area contributed by atoms with E-state index in [1.165, 1.54) is 5.56 Å². The second-order valence-electron chi connectivity index (χ2n) is 9.95. The first-order chi connectivity index (χ1) is 16.8. The predicted molar refractivity (Wildman–Crippen MR) is 139 cm³/mol. The zero-order valence-corrected chi connectivity index (χ0v) is 21.7. The predicted octanol–water partition coefficient (Wildman–Crippen LogP) is 5.09. The van der Waals surface area contributed by atoms with Crippen molar-refractivity contribution in [1.82, 2.24) is 19.6 Å². The number of ether oxygens (including phenoxy) is 1. The van der Waals surface area contributed by atoms with Crippen LogP contribution in [0.15, 0.2) is 60.9 Å². The third-order valence-corrected chi connectivity index (χ3v) is 7.22. The minimum atomic E-state index is -0.268. The van der Waals surface area contributed by atoms with E-state index in [-0.39, 0.29) is 11.3 Å². The molecule has 0 aliphatic carbocycles. The lowest BCUT2D eigenvalue weighted by atomic mass is 9.77. The standard InChI is InChI=1S/C28H35ClN4O2/c1-22-14-25(10-11-26(22)29)35-21-28(15-27(34)31(2)17-23-8-5-4-6-9-23)12-7-13-33(20-28)19-24-16-30-32(3)18-24/h4-6,8-11,14,16,18H,7,12-13,15,17,19-21H2,1-3H3/t28-/m0/s1. The fourth-order valence-corrected chi connectivity index (χ4v) is 5.03. The van der Waals surface area contributed by atoms with Crippen molar-refractivity contribution in [3.05, 3.63) is 82.6 Å². The summed E-state index contributed by atoms with van der Waals surface area (Å²) in [6.07, 6.45) is 6.41. The minimum absolute atomic E-state index is 0.146. The number of carbonyl (C=O) groups is 1. The minimum Gasteiger partial charge on any atom is -0.493 e. The maximum Gasteiger partial charge on any atom is 0.223 e. The lowest BCUT2D eigenvalue weighted by Gasteiger charge is -2.43. The van der Waals surface area contributed by atoms with Crippen LogP contribution in [0.3, 0.4) is 0 Å². The molecule has 1 atom stereocenters. The number of benzene rings is 2. The molecular formula is C28H35ClN4O2. The molecule has 6 nitrogen and oxygen atoms in total. The van der Waals surface area contributed by atoms with Crippen molar-refractivity contribution in [3.63, 3.8) is 0 Å². The Bertz CT molecular complexity index is 1130. The van der Waals surface area contributed by atoms with E-state index >= 15 is 0 Å². The van der Waals surface area contributed by atoms with E-state index in [9.17, 15) is 4.79 Å². The van der Waals surface area contributed by atoms with E-state index in [0.29, 0.717) is 19.6 Å². The molecule has 0 N–H and O–H groups in total. The van der Waals surface area contributed by atoms with E-state index in [2.05, 4.69) is 28.3 Å². The summed E-state index contributed by atoms with van der Waals surface area (Å²) in [5, 5.41) is 5.04. The molecule has 1 saturated heterocycles. The van der Waals surface area contributed by atoms with Crippen molar-refractivity contribution in [2.45, 2.75) is 39.3 Å². The van der Waals surface area contributed by atoms with Crippen molar-refractivity contribution in [2.24, 2.45) is 12.5 Å². The van der Waals surface area contributed by atoms with Crippen LogP contribution in [0.5, 0.6) is 5.75 Å². The van der Waals surface area contributed by atoms with Crippen LogP contribution in [0, 0.1) is 12.3 Å². The largest absolute Gasteiger partial charge is 0.493 e. The van der Waals surface area contributed by atoms with Crippen LogP contribution in [0.25, 0.3) is 0 Å². The summed E-state index contributed by atoms with van der Waals surface area (Å²) in [7, 11) is 3.83. The van der Waals surface area contributed by atoms with Crippen LogP contribution in [0.4, 0.5) is 0 Å². The molecule has 35 heavy (non-hydrogen) atoms. The summed E-state index contributed by atoms with van der Waals surface area (Å²) in [6, 6.07) is 15.9. The van der Waals surface area contributed by atoms with Gasteiger partial charge in [0.05, 0.1) is 12.8 Å². The highest BCUT2D eigenvalue weighted by Gasteiger charge is 2.39. The molecule has 1 amide bonds. The fraction of sp³-hybridized carbons (Fsp3) is 0.429. The molecule has 1 aliphatic heterocycles. The Labute approximate surface area is 213 Å². The van der Waals surface area contributed by atoms with Gasteiger partial charge < -0.3 is 9.64 Å². The molecule has 0 spiro atoms. The Morgan fingerprint density at radius 2 is 2.00 bits per heavy atom. The van der Waals surface area contributed by atoms with Crippen LogP contribution in [-0.2, 0) is 24.9 Å². The van der Waals surface area contributed by atoms with E-state index in [1.807, 2.05) is 73.2 Å². The van der Waals surface area contributed by atoms with E-state index in [4.69, 9.17) is 16.3 Å². The Morgan fingerprint density at radius 1 is 1.20 bits per heavy atom. The highest BCUT2D eigenvalue weighted by molar-refractivity contribution is 6.31. The molecule has 2 aromatic carbocycles. The second-order valence-corrected chi connectivity index (χ2v) is 10.4. The molecule has 1 aliphatic rings. The van der Waals surface area contributed by atoms with Crippen LogP contribution < -0.4 is 4.74 Å². The highest BCUT2D eigenvalue weighted by atomic mass is 35.5. The summed E-state index contributed by atoms with van der Waals surface area (Å²) in [5.41, 5.74) is 3.03. The third kappa shape index (κ3) is 6.86. The maximum absolute atomic E-state index is 13.4. The van der Waals surface area contributed by atoms with E-state index in [0.717, 1.165) is 54.4 Å². The molecule has 0 unspecified atom stereocenters. The van der Waals surface area contributed by atoms with Crippen molar-refractivity contribution in [3.8, 4) is 5.75 Å².